The summed E-state index contributed by atoms with van der Waals surface area (Å²) in [6.07, 6.45) is 1.65. The Kier molecular flexibility index (Phi) is 3.40. The van der Waals surface area contributed by atoms with Crippen LogP contribution in [0.4, 0.5) is 5.69 Å². The zero-order valence-electron chi connectivity index (χ0n) is 7.70. The Morgan fingerprint density at radius 3 is 3.08 bits per heavy atom. The van der Waals surface area contributed by atoms with Crippen molar-refractivity contribution >= 4 is 11.6 Å². The predicted octanol–water partition coefficient (Wildman–Crippen LogP) is 0.975. The van der Waals surface area contributed by atoms with Crippen LogP contribution in [0.15, 0.2) is 18.3 Å². The van der Waals surface area contributed by atoms with Gasteiger partial charge in [0.1, 0.15) is 6.61 Å². The molecule has 0 bridgehead atoms. The van der Waals surface area contributed by atoms with Gasteiger partial charge in [-0.2, -0.15) is 0 Å². The van der Waals surface area contributed by atoms with E-state index in [1.165, 1.54) is 7.11 Å². The number of carbonyl (C=O) groups is 1. The van der Waals surface area contributed by atoms with Crippen molar-refractivity contribution in [3.63, 3.8) is 0 Å². The molecule has 1 rings (SSSR count). The molecule has 1 aromatic heterocycles. The molecule has 1 aromatic rings. The number of ether oxygens (including phenoxy) is 1. The van der Waals surface area contributed by atoms with Gasteiger partial charge in [-0.25, -0.2) is 0 Å². The SMILES string of the molecule is COCC(=O)Nc1ccnc(C)c1. The number of methoxy groups -OCH3 is 1. The molecule has 0 atom stereocenters. The van der Waals surface area contributed by atoms with E-state index in [0.717, 1.165) is 11.4 Å². The summed E-state index contributed by atoms with van der Waals surface area (Å²) in [6.45, 7) is 1.94. The summed E-state index contributed by atoms with van der Waals surface area (Å²) in [5.74, 6) is -0.159. The van der Waals surface area contributed by atoms with Crippen molar-refractivity contribution in [2.24, 2.45) is 0 Å². The molecule has 0 unspecified atom stereocenters. The fourth-order valence-electron chi connectivity index (χ4n) is 0.951. The molecule has 0 aliphatic carbocycles. The molecule has 0 fully saturated rings. The summed E-state index contributed by atoms with van der Waals surface area (Å²) < 4.78 is 4.68. The third kappa shape index (κ3) is 3.21. The van der Waals surface area contributed by atoms with Crippen molar-refractivity contribution in [1.82, 2.24) is 4.98 Å². The van der Waals surface area contributed by atoms with Gasteiger partial charge < -0.3 is 10.1 Å². The first-order valence-electron chi connectivity index (χ1n) is 3.94. The van der Waals surface area contributed by atoms with E-state index >= 15 is 0 Å². The first kappa shape index (κ1) is 9.67. The molecular formula is C9H12N2O2. The highest BCUT2D eigenvalue weighted by Crippen LogP contribution is 2.06. The fourth-order valence-corrected chi connectivity index (χ4v) is 0.951. The van der Waals surface area contributed by atoms with Crippen LogP contribution in [0.5, 0.6) is 0 Å². The minimum atomic E-state index is -0.159. The fraction of sp³-hybridized carbons (Fsp3) is 0.333. The smallest absolute Gasteiger partial charge is 0.250 e. The average molecular weight is 180 g/mol. The highest BCUT2D eigenvalue weighted by atomic mass is 16.5. The van der Waals surface area contributed by atoms with Crippen molar-refractivity contribution in [1.29, 1.82) is 0 Å². The highest BCUT2D eigenvalue weighted by Gasteiger charge is 2.00. The Labute approximate surface area is 76.9 Å². The quantitative estimate of drug-likeness (QED) is 0.754. The van der Waals surface area contributed by atoms with Gasteiger partial charge in [0.2, 0.25) is 5.91 Å². The lowest BCUT2D eigenvalue weighted by atomic mass is 10.3. The standard InChI is InChI=1S/C9H12N2O2/c1-7-5-8(3-4-10-7)11-9(12)6-13-2/h3-5H,6H2,1-2H3,(H,10,11,12). The topological polar surface area (TPSA) is 51.2 Å². The second kappa shape index (κ2) is 4.57. The van der Waals surface area contributed by atoms with Gasteiger partial charge in [-0.3, -0.25) is 9.78 Å². The zero-order valence-corrected chi connectivity index (χ0v) is 7.70. The first-order chi connectivity index (χ1) is 6.22. The van der Waals surface area contributed by atoms with E-state index in [9.17, 15) is 4.79 Å². The minimum Gasteiger partial charge on any atom is -0.375 e. The number of hydrogen-bond donors (Lipinski definition) is 1. The van der Waals surface area contributed by atoms with Crippen LogP contribution < -0.4 is 5.32 Å². The van der Waals surface area contributed by atoms with E-state index in [0.29, 0.717) is 0 Å². The van der Waals surface area contributed by atoms with E-state index in [1.807, 2.05) is 6.92 Å². The number of hydrogen-bond acceptors (Lipinski definition) is 3. The number of rotatable bonds is 3. The number of carbonyl (C=O) groups excluding carboxylic acids is 1. The van der Waals surface area contributed by atoms with Gasteiger partial charge in [0.15, 0.2) is 0 Å². The van der Waals surface area contributed by atoms with Crippen LogP contribution in [0.2, 0.25) is 0 Å². The van der Waals surface area contributed by atoms with E-state index in [1.54, 1.807) is 18.3 Å². The number of amides is 1. The van der Waals surface area contributed by atoms with E-state index in [4.69, 9.17) is 0 Å². The van der Waals surface area contributed by atoms with Crippen molar-refractivity contribution in [3.8, 4) is 0 Å². The molecule has 0 aromatic carbocycles. The van der Waals surface area contributed by atoms with Crippen LogP contribution in [-0.4, -0.2) is 24.6 Å². The number of aryl methyl sites for hydroxylation is 1. The predicted molar refractivity (Wildman–Crippen MR) is 49.5 cm³/mol. The van der Waals surface area contributed by atoms with Crippen LogP contribution >= 0.6 is 0 Å². The van der Waals surface area contributed by atoms with Crippen molar-refractivity contribution in [2.75, 3.05) is 19.0 Å². The van der Waals surface area contributed by atoms with E-state index < -0.39 is 0 Å². The molecule has 13 heavy (non-hydrogen) atoms. The zero-order chi connectivity index (χ0) is 9.68. The number of pyridine rings is 1. The molecule has 4 nitrogen and oxygen atoms in total. The van der Waals surface area contributed by atoms with Crippen LogP contribution in [0, 0.1) is 6.92 Å². The molecule has 0 saturated heterocycles. The van der Waals surface area contributed by atoms with Gasteiger partial charge in [0.25, 0.3) is 0 Å². The molecule has 0 spiro atoms. The van der Waals surface area contributed by atoms with Crippen LogP contribution in [0.25, 0.3) is 0 Å². The Morgan fingerprint density at radius 1 is 1.69 bits per heavy atom. The summed E-state index contributed by atoms with van der Waals surface area (Å²) in [6, 6.07) is 3.54. The van der Waals surface area contributed by atoms with Gasteiger partial charge in [-0.15, -0.1) is 0 Å². The lowest BCUT2D eigenvalue weighted by Crippen LogP contribution is -2.17. The first-order valence-corrected chi connectivity index (χ1v) is 3.94. The summed E-state index contributed by atoms with van der Waals surface area (Å²) in [5, 5.41) is 2.68. The van der Waals surface area contributed by atoms with Crippen molar-refractivity contribution in [3.05, 3.63) is 24.0 Å². The van der Waals surface area contributed by atoms with E-state index in [2.05, 4.69) is 15.0 Å². The Balaban J connectivity index is 2.58. The van der Waals surface area contributed by atoms with Crippen LogP contribution in [0.3, 0.4) is 0 Å². The summed E-state index contributed by atoms with van der Waals surface area (Å²) >= 11 is 0. The van der Waals surface area contributed by atoms with E-state index in [-0.39, 0.29) is 12.5 Å². The third-order valence-electron chi connectivity index (χ3n) is 1.46. The largest absolute Gasteiger partial charge is 0.375 e. The lowest BCUT2D eigenvalue weighted by Gasteiger charge is -2.03. The molecule has 0 aliphatic heterocycles. The number of anilines is 1. The van der Waals surface area contributed by atoms with Gasteiger partial charge in [-0.1, -0.05) is 0 Å². The maximum atomic E-state index is 11.1. The Morgan fingerprint density at radius 2 is 2.46 bits per heavy atom. The Bertz CT molecular complexity index is 299. The van der Waals surface area contributed by atoms with Crippen LogP contribution in [0.1, 0.15) is 5.69 Å². The third-order valence-corrected chi connectivity index (χ3v) is 1.46. The highest BCUT2D eigenvalue weighted by molar-refractivity contribution is 5.91. The van der Waals surface area contributed by atoms with Gasteiger partial charge >= 0.3 is 0 Å². The second-order valence-corrected chi connectivity index (χ2v) is 2.67. The molecule has 4 heteroatoms. The number of aromatic nitrogens is 1. The normalized spacial score (nSPS) is 9.69. The Hall–Kier alpha value is -1.42. The second-order valence-electron chi connectivity index (χ2n) is 2.67. The molecule has 0 saturated carbocycles. The van der Waals surface area contributed by atoms with Crippen LogP contribution in [-0.2, 0) is 9.53 Å². The molecule has 70 valence electrons. The number of nitrogens with one attached hydrogen (secondary N) is 1. The van der Waals surface area contributed by atoms with Gasteiger partial charge in [0, 0.05) is 24.7 Å². The van der Waals surface area contributed by atoms with Crippen molar-refractivity contribution < 1.29 is 9.53 Å². The molecular weight excluding hydrogens is 168 g/mol. The van der Waals surface area contributed by atoms with Crippen molar-refractivity contribution in [2.45, 2.75) is 6.92 Å². The summed E-state index contributed by atoms with van der Waals surface area (Å²) in [5.41, 5.74) is 1.62. The summed E-state index contributed by atoms with van der Waals surface area (Å²) in [7, 11) is 1.48. The molecule has 0 aliphatic rings. The number of nitrogens with zero attached hydrogens (tertiary/aromatic N) is 1. The van der Waals surface area contributed by atoms with Gasteiger partial charge in [0.05, 0.1) is 0 Å². The molecule has 1 N–H and O–H groups in total. The lowest BCUT2D eigenvalue weighted by molar-refractivity contribution is -0.119. The molecule has 1 heterocycles. The maximum absolute atomic E-state index is 11.1. The molecule has 1 amide bonds. The monoisotopic (exact) mass is 180 g/mol. The molecule has 0 radical (unpaired) electrons. The minimum absolute atomic E-state index is 0.0708. The average Bonchev–Trinajstić information content (AvgIpc) is 2.04. The maximum Gasteiger partial charge on any atom is 0.250 e. The van der Waals surface area contributed by atoms with Gasteiger partial charge in [-0.05, 0) is 19.1 Å². The summed E-state index contributed by atoms with van der Waals surface area (Å²) in [4.78, 5) is 15.1.